The molecule has 0 aliphatic carbocycles. The van der Waals surface area contributed by atoms with E-state index < -0.39 is 12.0 Å². The third-order valence-corrected chi connectivity index (χ3v) is 3.46. The zero-order chi connectivity index (χ0) is 12.3. The average Bonchev–Trinajstić information content (AvgIpc) is 2.25. The minimum Gasteiger partial charge on any atom is -0.496 e. The Hall–Kier alpha value is -1.07. The summed E-state index contributed by atoms with van der Waals surface area (Å²) in [6.07, 6.45) is 0.237. The highest BCUT2D eigenvalue weighted by Gasteiger charge is 2.18. The second-order valence-corrected chi connectivity index (χ2v) is 4.32. The molecule has 1 rings (SSSR count). The molecule has 4 nitrogen and oxygen atoms in total. The Morgan fingerprint density at radius 1 is 1.62 bits per heavy atom. The molecule has 0 radical (unpaired) electrons. The van der Waals surface area contributed by atoms with E-state index in [0.717, 1.165) is 15.6 Å². The summed E-state index contributed by atoms with van der Waals surface area (Å²) in [5.41, 5.74) is 7.33. The maximum absolute atomic E-state index is 10.7. The number of benzene rings is 1. The van der Waals surface area contributed by atoms with Crippen molar-refractivity contribution in [1.29, 1.82) is 0 Å². The summed E-state index contributed by atoms with van der Waals surface area (Å²) in [5.74, 6) is -0.371. The van der Waals surface area contributed by atoms with E-state index in [4.69, 9.17) is 15.6 Å². The van der Waals surface area contributed by atoms with Gasteiger partial charge in [-0.3, -0.25) is 4.79 Å². The third kappa shape index (κ3) is 2.74. The normalized spacial score (nSPS) is 12.2. The van der Waals surface area contributed by atoms with Crippen molar-refractivity contribution in [3.63, 3.8) is 0 Å². The molecule has 88 valence electrons. The van der Waals surface area contributed by atoms with Crippen LogP contribution in [0, 0.1) is 6.92 Å². The number of nitrogens with two attached hydrogens (primary N) is 1. The van der Waals surface area contributed by atoms with E-state index >= 15 is 0 Å². The van der Waals surface area contributed by atoms with Gasteiger partial charge >= 0.3 is 5.97 Å². The summed E-state index contributed by atoms with van der Waals surface area (Å²) in [7, 11) is 1.55. The fraction of sp³-hybridized carbons (Fsp3) is 0.364. The van der Waals surface area contributed by atoms with E-state index in [1.54, 1.807) is 7.11 Å². The van der Waals surface area contributed by atoms with Crippen LogP contribution in [0.15, 0.2) is 16.6 Å². The Morgan fingerprint density at radius 2 is 2.25 bits per heavy atom. The Balaban J connectivity index is 3.10. The van der Waals surface area contributed by atoms with E-state index in [0.29, 0.717) is 5.75 Å². The van der Waals surface area contributed by atoms with Gasteiger partial charge in [0.05, 0.1) is 7.11 Å². The van der Waals surface area contributed by atoms with Crippen LogP contribution in [-0.4, -0.2) is 24.2 Å². The molecule has 0 aliphatic heterocycles. The van der Waals surface area contributed by atoms with Gasteiger partial charge in [-0.25, -0.2) is 0 Å². The van der Waals surface area contributed by atoms with Crippen LogP contribution in [0.25, 0.3) is 0 Å². The number of aliphatic carboxylic acids is 1. The van der Waals surface area contributed by atoms with Gasteiger partial charge in [-0.05, 0) is 18.6 Å². The summed E-state index contributed by atoms with van der Waals surface area (Å²) >= 11 is 3.42. The van der Waals surface area contributed by atoms with Gasteiger partial charge in [0.25, 0.3) is 0 Å². The summed E-state index contributed by atoms with van der Waals surface area (Å²) in [6, 6.07) is 2.79. The van der Waals surface area contributed by atoms with E-state index in [1.807, 2.05) is 19.1 Å². The molecule has 0 saturated heterocycles. The van der Waals surface area contributed by atoms with E-state index in [2.05, 4.69) is 15.9 Å². The minimum atomic E-state index is -1.02. The van der Waals surface area contributed by atoms with Gasteiger partial charge in [0.2, 0.25) is 0 Å². The number of carboxylic acid groups (broad SMARTS) is 1. The first-order chi connectivity index (χ1) is 7.47. The highest BCUT2D eigenvalue weighted by atomic mass is 79.9. The molecule has 3 N–H and O–H groups in total. The van der Waals surface area contributed by atoms with Crippen LogP contribution < -0.4 is 10.5 Å². The van der Waals surface area contributed by atoms with Gasteiger partial charge in [-0.15, -0.1) is 0 Å². The summed E-state index contributed by atoms with van der Waals surface area (Å²) in [4.78, 5) is 10.7. The van der Waals surface area contributed by atoms with Crippen LogP contribution in [0.5, 0.6) is 5.75 Å². The predicted octanol–water partition coefficient (Wildman–Crippen LogP) is 1.72. The summed E-state index contributed by atoms with van der Waals surface area (Å²) < 4.78 is 6.03. The Labute approximate surface area is 103 Å². The lowest BCUT2D eigenvalue weighted by molar-refractivity contribution is -0.138. The van der Waals surface area contributed by atoms with Crippen LogP contribution >= 0.6 is 15.9 Å². The number of halogens is 1. The molecule has 16 heavy (non-hydrogen) atoms. The Bertz CT molecular complexity index is 406. The molecule has 1 aromatic rings. The van der Waals surface area contributed by atoms with Gasteiger partial charge in [0.1, 0.15) is 11.8 Å². The van der Waals surface area contributed by atoms with Crippen molar-refractivity contribution in [3.8, 4) is 5.75 Å². The predicted molar refractivity (Wildman–Crippen MR) is 64.7 cm³/mol. The number of carboxylic acids is 1. The van der Waals surface area contributed by atoms with Gasteiger partial charge in [-0.1, -0.05) is 22.0 Å². The monoisotopic (exact) mass is 287 g/mol. The molecule has 0 bridgehead atoms. The first kappa shape index (κ1) is 13.0. The van der Waals surface area contributed by atoms with Crippen molar-refractivity contribution in [2.45, 2.75) is 19.4 Å². The van der Waals surface area contributed by atoms with Gasteiger partial charge in [-0.2, -0.15) is 0 Å². The van der Waals surface area contributed by atoms with Crippen molar-refractivity contribution in [3.05, 3.63) is 27.7 Å². The third-order valence-electron chi connectivity index (χ3n) is 2.35. The highest BCUT2D eigenvalue weighted by Crippen LogP contribution is 2.30. The van der Waals surface area contributed by atoms with E-state index in [1.165, 1.54) is 0 Å². The Kier molecular flexibility index (Phi) is 4.32. The Morgan fingerprint density at radius 3 is 2.75 bits per heavy atom. The molecule has 0 heterocycles. The highest BCUT2D eigenvalue weighted by molar-refractivity contribution is 9.10. The number of hydrogen-bond donors (Lipinski definition) is 2. The molecule has 1 aromatic carbocycles. The number of methoxy groups -OCH3 is 1. The molecular formula is C11H14BrNO3. The SMILES string of the molecule is COc1ccc(C)c(Br)c1CC(N)C(=O)O. The number of rotatable bonds is 4. The molecule has 0 fully saturated rings. The maximum atomic E-state index is 10.7. The number of aryl methyl sites for hydroxylation is 1. The lowest BCUT2D eigenvalue weighted by atomic mass is 10.0. The zero-order valence-corrected chi connectivity index (χ0v) is 10.7. The average molecular weight is 288 g/mol. The van der Waals surface area contributed by atoms with Gasteiger partial charge < -0.3 is 15.6 Å². The zero-order valence-electron chi connectivity index (χ0n) is 9.16. The molecule has 0 amide bonds. The van der Waals surface area contributed by atoms with Crippen LogP contribution in [0.1, 0.15) is 11.1 Å². The number of carbonyl (C=O) groups is 1. The lowest BCUT2D eigenvalue weighted by Crippen LogP contribution is -2.32. The molecule has 0 aromatic heterocycles. The molecule has 0 saturated carbocycles. The molecule has 5 heteroatoms. The standard InChI is InChI=1S/C11H14BrNO3/c1-6-3-4-9(16-2)7(10(6)12)5-8(13)11(14)15/h3-4,8H,5,13H2,1-2H3,(H,14,15). The van der Waals surface area contributed by atoms with Crippen LogP contribution in [-0.2, 0) is 11.2 Å². The topological polar surface area (TPSA) is 72.5 Å². The summed E-state index contributed by atoms with van der Waals surface area (Å²) in [6.45, 7) is 1.93. The smallest absolute Gasteiger partial charge is 0.320 e. The summed E-state index contributed by atoms with van der Waals surface area (Å²) in [5, 5.41) is 8.79. The lowest BCUT2D eigenvalue weighted by Gasteiger charge is -2.14. The maximum Gasteiger partial charge on any atom is 0.320 e. The van der Waals surface area contributed by atoms with Crippen molar-refractivity contribution in [2.24, 2.45) is 5.73 Å². The van der Waals surface area contributed by atoms with Gasteiger partial charge in [0.15, 0.2) is 0 Å². The fourth-order valence-corrected chi connectivity index (χ4v) is 1.90. The van der Waals surface area contributed by atoms with Crippen molar-refractivity contribution >= 4 is 21.9 Å². The van der Waals surface area contributed by atoms with E-state index in [9.17, 15) is 4.79 Å². The molecule has 0 aliphatic rings. The molecular weight excluding hydrogens is 274 g/mol. The van der Waals surface area contributed by atoms with Crippen LogP contribution in [0.4, 0.5) is 0 Å². The minimum absolute atomic E-state index is 0.237. The van der Waals surface area contributed by atoms with Crippen molar-refractivity contribution < 1.29 is 14.6 Å². The van der Waals surface area contributed by atoms with Gasteiger partial charge in [0, 0.05) is 16.5 Å². The second-order valence-electron chi connectivity index (χ2n) is 3.53. The molecule has 0 spiro atoms. The largest absolute Gasteiger partial charge is 0.496 e. The number of ether oxygens (including phenoxy) is 1. The van der Waals surface area contributed by atoms with Crippen molar-refractivity contribution in [1.82, 2.24) is 0 Å². The quantitative estimate of drug-likeness (QED) is 0.885. The van der Waals surface area contributed by atoms with E-state index in [-0.39, 0.29) is 6.42 Å². The first-order valence-corrected chi connectivity index (χ1v) is 5.57. The molecule has 1 unspecified atom stereocenters. The van der Waals surface area contributed by atoms with Crippen LogP contribution in [0.2, 0.25) is 0 Å². The fourth-order valence-electron chi connectivity index (χ4n) is 1.41. The van der Waals surface area contributed by atoms with Crippen LogP contribution in [0.3, 0.4) is 0 Å². The first-order valence-electron chi connectivity index (χ1n) is 4.77. The van der Waals surface area contributed by atoms with Crippen molar-refractivity contribution in [2.75, 3.05) is 7.11 Å². The number of hydrogen-bond acceptors (Lipinski definition) is 3. The molecule has 1 atom stereocenters. The second kappa shape index (κ2) is 5.32.